The van der Waals surface area contributed by atoms with E-state index in [4.69, 9.17) is 9.47 Å². The van der Waals surface area contributed by atoms with Gasteiger partial charge in [-0.2, -0.15) is 0 Å². The van der Waals surface area contributed by atoms with E-state index in [1.807, 2.05) is 30.3 Å². The van der Waals surface area contributed by atoms with E-state index < -0.39 is 23.8 Å². The Kier molecular flexibility index (Phi) is 5.95. The summed E-state index contributed by atoms with van der Waals surface area (Å²) in [6, 6.07) is 9.16. The van der Waals surface area contributed by atoms with Crippen LogP contribution in [0.2, 0.25) is 0 Å². The summed E-state index contributed by atoms with van der Waals surface area (Å²) in [5, 5.41) is 0. The molecule has 6 heteroatoms. The summed E-state index contributed by atoms with van der Waals surface area (Å²) in [4.78, 5) is 25.9. The fourth-order valence-corrected chi connectivity index (χ4v) is 3.02. The van der Waals surface area contributed by atoms with Crippen LogP contribution >= 0.6 is 0 Å². The lowest BCUT2D eigenvalue weighted by Gasteiger charge is -2.34. The van der Waals surface area contributed by atoms with Crippen LogP contribution in [0.25, 0.3) is 0 Å². The normalized spacial score (nSPS) is 22.9. The number of rotatable bonds is 6. The first-order valence-electron chi connectivity index (χ1n) is 7.85. The van der Waals surface area contributed by atoms with E-state index in [9.17, 15) is 14.0 Å². The zero-order valence-corrected chi connectivity index (χ0v) is 13.7. The summed E-state index contributed by atoms with van der Waals surface area (Å²) in [5.74, 6) is -0.624. The maximum atomic E-state index is 14.0. The summed E-state index contributed by atoms with van der Waals surface area (Å²) in [6.07, 6.45) is 0.248. The van der Waals surface area contributed by atoms with Gasteiger partial charge in [0, 0.05) is 6.42 Å². The van der Waals surface area contributed by atoms with Gasteiger partial charge in [-0.1, -0.05) is 36.4 Å². The fourth-order valence-electron chi connectivity index (χ4n) is 3.02. The van der Waals surface area contributed by atoms with E-state index in [1.54, 1.807) is 6.08 Å². The molecule has 1 aromatic carbocycles. The molecule has 1 unspecified atom stereocenters. The van der Waals surface area contributed by atoms with Crippen LogP contribution in [0.4, 0.5) is 9.18 Å². The van der Waals surface area contributed by atoms with Crippen molar-refractivity contribution in [3.63, 3.8) is 0 Å². The predicted molar refractivity (Wildman–Crippen MR) is 87.0 cm³/mol. The third-order valence-electron chi connectivity index (χ3n) is 4.21. The summed E-state index contributed by atoms with van der Waals surface area (Å²) < 4.78 is 24.1. The van der Waals surface area contributed by atoms with Gasteiger partial charge in [0.2, 0.25) is 0 Å². The molecule has 1 aliphatic rings. The van der Waals surface area contributed by atoms with Crippen molar-refractivity contribution in [1.29, 1.82) is 0 Å². The smallest absolute Gasteiger partial charge is 0.411 e. The second kappa shape index (κ2) is 7.95. The first-order chi connectivity index (χ1) is 11.5. The van der Waals surface area contributed by atoms with Crippen molar-refractivity contribution in [3.05, 3.63) is 48.6 Å². The number of nitrogens with zero attached hydrogens (tertiary/aromatic N) is 1. The van der Waals surface area contributed by atoms with Crippen LogP contribution in [-0.4, -0.2) is 42.3 Å². The summed E-state index contributed by atoms with van der Waals surface area (Å²) in [6.45, 7) is 3.50. The van der Waals surface area contributed by atoms with Crippen LogP contribution in [0.5, 0.6) is 0 Å². The van der Waals surface area contributed by atoms with Crippen molar-refractivity contribution in [2.45, 2.75) is 37.6 Å². The van der Waals surface area contributed by atoms with Gasteiger partial charge in [0.25, 0.3) is 0 Å². The second-order valence-electron chi connectivity index (χ2n) is 5.80. The van der Waals surface area contributed by atoms with Crippen LogP contribution < -0.4 is 0 Å². The molecule has 0 spiro atoms. The van der Waals surface area contributed by atoms with Crippen LogP contribution in [0.3, 0.4) is 0 Å². The monoisotopic (exact) mass is 335 g/mol. The largest absolute Gasteiger partial charge is 0.467 e. The number of carbonyl (C=O) groups is 2. The number of hydrogen-bond donors (Lipinski definition) is 0. The number of esters is 1. The maximum absolute atomic E-state index is 14.0. The number of benzene rings is 1. The molecule has 1 aromatic rings. The molecule has 24 heavy (non-hydrogen) atoms. The Labute approximate surface area is 141 Å². The molecule has 0 saturated carbocycles. The molecule has 1 heterocycles. The third kappa shape index (κ3) is 3.75. The highest BCUT2D eigenvalue weighted by Crippen LogP contribution is 2.37. The van der Waals surface area contributed by atoms with Gasteiger partial charge < -0.3 is 9.47 Å². The Bertz CT molecular complexity index is 592. The molecular weight excluding hydrogens is 313 g/mol. The number of halogens is 1. The molecule has 0 aliphatic carbocycles. The van der Waals surface area contributed by atoms with Crippen molar-refractivity contribution < 1.29 is 23.5 Å². The first-order valence-corrected chi connectivity index (χ1v) is 7.85. The molecule has 0 bridgehead atoms. The van der Waals surface area contributed by atoms with Crippen molar-refractivity contribution in [2.24, 2.45) is 0 Å². The number of hydrogen-bond acceptors (Lipinski definition) is 4. The predicted octanol–water partition coefficient (Wildman–Crippen LogP) is 3.25. The van der Waals surface area contributed by atoms with Crippen LogP contribution in [0.15, 0.2) is 43.0 Å². The summed E-state index contributed by atoms with van der Waals surface area (Å²) in [7, 11) is 1.23. The molecule has 0 N–H and O–H groups in total. The van der Waals surface area contributed by atoms with Gasteiger partial charge >= 0.3 is 12.1 Å². The van der Waals surface area contributed by atoms with E-state index in [0.29, 0.717) is 6.42 Å². The van der Waals surface area contributed by atoms with Gasteiger partial charge in [0.1, 0.15) is 18.3 Å². The molecular formula is C18H22FNO4. The number of alkyl halides is 1. The second-order valence-corrected chi connectivity index (χ2v) is 5.80. The topological polar surface area (TPSA) is 55.8 Å². The van der Waals surface area contributed by atoms with Gasteiger partial charge in [-0.15, -0.1) is 6.58 Å². The minimum atomic E-state index is -1.34. The van der Waals surface area contributed by atoms with Gasteiger partial charge in [-0.05, 0) is 18.4 Å². The van der Waals surface area contributed by atoms with Crippen molar-refractivity contribution in [1.82, 2.24) is 4.90 Å². The number of ether oxygens (including phenoxy) is 2. The molecule has 2 rings (SSSR count). The average molecular weight is 335 g/mol. The van der Waals surface area contributed by atoms with E-state index in [-0.39, 0.29) is 26.0 Å². The highest BCUT2D eigenvalue weighted by molar-refractivity contribution is 5.86. The number of likely N-dealkylation sites (tertiary alicyclic amines) is 1. The molecule has 2 atom stereocenters. The van der Waals surface area contributed by atoms with Crippen LogP contribution in [-0.2, 0) is 20.9 Å². The molecule has 0 radical (unpaired) electrons. The number of amides is 1. The lowest BCUT2D eigenvalue weighted by atomic mass is 9.90. The van der Waals surface area contributed by atoms with E-state index in [2.05, 4.69) is 6.58 Å². The Morgan fingerprint density at radius 1 is 1.42 bits per heavy atom. The van der Waals surface area contributed by atoms with Gasteiger partial charge in [-0.3, -0.25) is 4.90 Å². The first kappa shape index (κ1) is 18.0. The molecule has 1 fully saturated rings. The average Bonchev–Trinajstić information content (AvgIpc) is 2.95. The van der Waals surface area contributed by atoms with Crippen molar-refractivity contribution >= 4 is 12.1 Å². The van der Waals surface area contributed by atoms with E-state index in [0.717, 1.165) is 10.5 Å². The zero-order valence-electron chi connectivity index (χ0n) is 13.7. The molecule has 1 saturated heterocycles. The lowest BCUT2D eigenvalue weighted by molar-refractivity contribution is -0.153. The number of allylic oxidation sites excluding steroid dienone is 1. The van der Waals surface area contributed by atoms with Gasteiger partial charge in [0.05, 0.1) is 13.7 Å². The molecule has 130 valence electrons. The van der Waals surface area contributed by atoms with Crippen molar-refractivity contribution in [2.75, 3.05) is 13.7 Å². The maximum Gasteiger partial charge on any atom is 0.411 e. The number of methoxy groups -OCH3 is 1. The van der Waals surface area contributed by atoms with E-state index >= 15 is 0 Å². The Morgan fingerprint density at radius 3 is 2.75 bits per heavy atom. The fraction of sp³-hybridized carbons (Fsp3) is 0.444. The molecule has 1 aliphatic heterocycles. The summed E-state index contributed by atoms with van der Waals surface area (Å²) >= 11 is 0. The van der Waals surface area contributed by atoms with Crippen LogP contribution in [0, 0.1) is 0 Å². The Morgan fingerprint density at radius 2 is 2.12 bits per heavy atom. The Balaban J connectivity index is 2.15. The van der Waals surface area contributed by atoms with E-state index in [1.165, 1.54) is 7.11 Å². The minimum absolute atomic E-state index is 0.0613. The molecule has 1 amide bonds. The lowest BCUT2D eigenvalue weighted by Crippen LogP contribution is -2.53. The third-order valence-corrected chi connectivity index (χ3v) is 4.21. The SMILES string of the molecule is C=CCCC1(C(=O)OC)C[C@@H](F)CN1C(=O)OCc1ccccc1. The van der Waals surface area contributed by atoms with Crippen LogP contribution in [0.1, 0.15) is 24.8 Å². The highest BCUT2D eigenvalue weighted by Gasteiger charge is 2.54. The summed E-state index contributed by atoms with van der Waals surface area (Å²) in [5.41, 5.74) is -0.521. The quantitative estimate of drug-likeness (QED) is 0.591. The Hall–Kier alpha value is -2.37. The van der Waals surface area contributed by atoms with Gasteiger partial charge in [-0.25, -0.2) is 14.0 Å². The molecule has 0 aromatic heterocycles. The van der Waals surface area contributed by atoms with Crippen molar-refractivity contribution in [3.8, 4) is 0 Å². The van der Waals surface area contributed by atoms with Gasteiger partial charge in [0.15, 0.2) is 0 Å². The highest BCUT2D eigenvalue weighted by atomic mass is 19.1. The molecule has 5 nitrogen and oxygen atoms in total. The number of carbonyl (C=O) groups excluding carboxylic acids is 2. The standard InChI is InChI=1S/C18H22FNO4/c1-3-4-10-18(16(21)23-2)11-15(19)12-20(18)17(22)24-13-14-8-6-5-7-9-14/h3,5-9,15H,1,4,10-13H2,2H3/t15-,18?/m1/s1. The minimum Gasteiger partial charge on any atom is -0.467 e. The zero-order chi connectivity index (χ0) is 17.6.